The number of hydrogen-bond acceptors (Lipinski definition) is 7. The molecule has 0 atom stereocenters. The molecule has 0 bridgehead atoms. The summed E-state index contributed by atoms with van der Waals surface area (Å²) in [6.07, 6.45) is 1.60. The Bertz CT molecular complexity index is 1160. The van der Waals surface area contributed by atoms with Crippen LogP contribution in [0.4, 0.5) is 5.69 Å². The minimum atomic E-state index is -3.56. The summed E-state index contributed by atoms with van der Waals surface area (Å²) in [7, 11) is -3.56. The van der Waals surface area contributed by atoms with Gasteiger partial charge in [0.05, 0.1) is 17.0 Å². The lowest BCUT2D eigenvalue weighted by atomic mass is 10.1. The third-order valence-electron chi connectivity index (χ3n) is 5.59. The standard InChI is InChI=1S/C23H24N2O7S/c26-20(17-7-9-18(10-8-17)33(29,30)24-12-3-4-13-24)15-32-23(28)11-14-25-19-5-1-2-6-21(19)31-16-22(25)27/h1-2,5-10H,3-4,11-16H2. The van der Waals surface area contributed by atoms with Crippen LogP contribution in [0.1, 0.15) is 29.6 Å². The summed E-state index contributed by atoms with van der Waals surface area (Å²) >= 11 is 0. The van der Waals surface area contributed by atoms with Crippen LogP contribution < -0.4 is 9.64 Å². The fourth-order valence-corrected chi connectivity index (χ4v) is 5.31. The van der Waals surface area contributed by atoms with E-state index in [0.717, 1.165) is 12.8 Å². The fourth-order valence-electron chi connectivity index (χ4n) is 3.79. The molecule has 1 amide bonds. The number of esters is 1. The van der Waals surface area contributed by atoms with Crippen molar-refractivity contribution in [1.29, 1.82) is 0 Å². The van der Waals surface area contributed by atoms with Gasteiger partial charge in [-0.1, -0.05) is 12.1 Å². The van der Waals surface area contributed by atoms with Crippen LogP contribution in [-0.4, -0.2) is 63.2 Å². The highest BCUT2D eigenvalue weighted by Gasteiger charge is 2.28. The number of carbonyl (C=O) groups excluding carboxylic acids is 3. The number of carbonyl (C=O) groups is 3. The first kappa shape index (κ1) is 22.9. The van der Waals surface area contributed by atoms with Gasteiger partial charge in [0.2, 0.25) is 10.0 Å². The summed E-state index contributed by atoms with van der Waals surface area (Å²) in [5.41, 5.74) is 0.835. The van der Waals surface area contributed by atoms with E-state index in [1.807, 2.05) is 0 Å². The van der Waals surface area contributed by atoms with E-state index in [9.17, 15) is 22.8 Å². The summed E-state index contributed by atoms with van der Waals surface area (Å²) in [4.78, 5) is 38.3. The molecule has 0 N–H and O–H groups in total. The molecule has 10 heteroatoms. The van der Waals surface area contributed by atoms with E-state index in [2.05, 4.69) is 0 Å². The zero-order valence-electron chi connectivity index (χ0n) is 17.9. The molecule has 33 heavy (non-hydrogen) atoms. The zero-order valence-corrected chi connectivity index (χ0v) is 18.8. The van der Waals surface area contributed by atoms with Crippen LogP contribution in [0.2, 0.25) is 0 Å². The lowest BCUT2D eigenvalue weighted by Gasteiger charge is -2.28. The molecule has 2 heterocycles. The molecule has 9 nitrogen and oxygen atoms in total. The van der Waals surface area contributed by atoms with Crippen LogP contribution in [0.25, 0.3) is 0 Å². The van der Waals surface area contributed by atoms with Gasteiger partial charge < -0.3 is 14.4 Å². The molecule has 1 saturated heterocycles. The lowest BCUT2D eigenvalue weighted by Crippen LogP contribution is -2.40. The first-order chi connectivity index (χ1) is 15.9. The van der Waals surface area contributed by atoms with Crippen LogP contribution in [-0.2, 0) is 24.3 Å². The Balaban J connectivity index is 1.29. The second-order valence-electron chi connectivity index (χ2n) is 7.77. The molecule has 174 valence electrons. The Kier molecular flexibility index (Phi) is 6.75. The molecule has 0 aliphatic carbocycles. The molecule has 0 saturated carbocycles. The highest BCUT2D eigenvalue weighted by Crippen LogP contribution is 2.31. The van der Waals surface area contributed by atoms with Crippen LogP contribution in [0, 0.1) is 0 Å². The van der Waals surface area contributed by atoms with Crippen molar-refractivity contribution in [3.63, 3.8) is 0 Å². The molecule has 0 aromatic heterocycles. The molecule has 2 aromatic rings. The Labute approximate surface area is 191 Å². The predicted molar refractivity (Wildman–Crippen MR) is 119 cm³/mol. The zero-order chi connectivity index (χ0) is 23.4. The van der Waals surface area contributed by atoms with E-state index in [1.165, 1.54) is 33.5 Å². The Hall–Kier alpha value is -3.24. The number of hydrogen-bond donors (Lipinski definition) is 0. The maximum absolute atomic E-state index is 12.6. The molecule has 2 aromatic carbocycles. The van der Waals surface area contributed by atoms with Gasteiger partial charge in [-0.25, -0.2) is 8.42 Å². The molecule has 1 fully saturated rings. The average molecular weight is 473 g/mol. The summed E-state index contributed by atoms with van der Waals surface area (Å²) in [6, 6.07) is 12.7. The summed E-state index contributed by atoms with van der Waals surface area (Å²) < 4.78 is 37.0. The number of para-hydroxylation sites is 2. The lowest BCUT2D eigenvalue weighted by molar-refractivity contribution is -0.142. The molecule has 2 aliphatic rings. The second kappa shape index (κ2) is 9.72. The largest absolute Gasteiger partial charge is 0.482 e. The SMILES string of the molecule is O=C(CCN1C(=O)COc2ccccc21)OCC(=O)c1ccc(S(=O)(=O)N2CCCC2)cc1. The molecule has 0 spiro atoms. The highest BCUT2D eigenvalue weighted by molar-refractivity contribution is 7.89. The molecule has 0 unspecified atom stereocenters. The predicted octanol–water partition coefficient (Wildman–Crippen LogP) is 2.01. The van der Waals surface area contributed by atoms with Crippen molar-refractivity contribution in [2.24, 2.45) is 0 Å². The highest BCUT2D eigenvalue weighted by atomic mass is 32.2. The third kappa shape index (κ3) is 5.07. The fraction of sp³-hybridized carbons (Fsp3) is 0.348. The molecule has 4 rings (SSSR count). The number of Topliss-reactive ketones (excluding diaryl/α,β-unsaturated/α-hetero) is 1. The summed E-state index contributed by atoms with van der Waals surface area (Å²) in [6.45, 7) is 0.537. The second-order valence-corrected chi connectivity index (χ2v) is 9.71. The molecular formula is C23H24N2O7S. The summed E-state index contributed by atoms with van der Waals surface area (Å²) in [5.74, 6) is -0.757. The average Bonchev–Trinajstić information content (AvgIpc) is 3.38. The topological polar surface area (TPSA) is 110 Å². The molecular weight excluding hydrogens is 448 g/mol. The van der Waals surface area contributed by atoms with E-state index in [4.69, 9.17) is 9.47 Å². The van der Waals surface area contributed by atoms with E-state index >= 15 is 0 Å². The number of sulfonamides is 1. The minimum absolute atomic E-state index is 0.0830. The van der Waals surface area contributed by atoms with Crippen LogP contribution in [0.3, 0.4) is 0 Å². The molecule has 2 aliphatic heterocycles. The van der Waals surface area contributed by atoms with Crippen molar-refractivity contribution >= 4 is 33.4 Å². The minimum Gasteiger partial charge on any atom is -0.482 e. The Morgan fingerprint density at radius 3 is 2.42 bits per heavy atom. The first-order valence-electron chi connectivity index (χ1n) is 10.7. The van der Waals surface area contributed by atoms with E-state index < -0.39 is 28.4 Å². The normalized spacial score (nSPS) is 16.2. The number of fused-ring (bicyclic) bond motifs is 1. The van der Waals surface area contributed by atoms with Gasteiger partial charge in [-0.15, -0.1) is 0 Å². The number of amides is 1. The Morgan fingerprint density at radius 2 is 1.70 bits per heavy atom. The Morgan fingerprint density at radius 1 is 1.00 bits per heavy atom. The van der Waals surface area contributed by atoms with Crippen molar-refractivity contribution in [2.45, 2.75) is 24.2 Å². The third-order valence-corrected chi connectivity index (χ3v) is 7.50. The van der Waals surface area contributed by atoms with Crippen LogP contribution in [0.15, 0.2) is 53.4 Å². The number of ether oxygens (including phenoxy) is 2. The van der Waals surface area contributed by atoms with Crippen molar-refractivity contribution in [3.8, 4) is 5.75 Å². The maximum atomic E-state index is 12.6. The maximum Gasteiger partial charge on any atom is 0.308 e. The first-order valence-corrected chi connectivity index (χ1v) is 12.1. The number of anilines is 1. The van der Waals surface area contributed by atoms with Gasteiger partial charge in [-0.3, -0.25) is 14.4 Å². The van der Waals surface area contributed by atoms with E-state index in [1.54, 1.807) is 24.3 Å². The number of rotatable bonds is 8. The van der Waals surface area contributed by atoms with Gasteiger partial charge in [0.15, 0.2) is 19.0 Å². The molecule has 0 radical (unpaired) electrons. The van der Waals surface area contributed by atoms with Gasteiger partial charge in [0, 0.05) is 25.2 Å². The van der Waals surface area contributed by atoms with Crippen molar-refractivity contribution in [1.82, 2.24) is 4.31 Å². The summed E-state index contributed by atoms with van der Waals surface area (Å²) in [5, 5.41) is 0. The quantitative estimate of drug-likeness (QED) is 0.427. The van der Waals surface area contributed by atoms with Gasteiger partial charge in [0.1, 0.15) is 5.75 Å². The van der Waals surface area contributed by atoms with Crippen LogP contribution in [0.5, 0.6) is 5.75 Å². The van der Waals surface area contributed by atoms with Crippen LogP contribution >= 0.6 is 0 Å². The van der Waals surface area contributed by atoms with E-state index in [0.29, 0.717) is 24.5 Å². The van der Waals surface area contributed by atoms with Crippen molar-refractivity contribution in [2.75, 3.05) is 37.7 Å². The smallest absolute Gasteiger partial charge is 0.308 e. The number of ketones is 1. The van der Waals surface area contributed by atoms with Gasteiger partial charge in [0.25, 0.3) is 5.91 Å². The monoisotopic (exact) mass is 472 g/mol. The van der Waals surface area contributed by atoms with Gasteiger partial charge in [-0.2, -0.15) is 4.31 Å². The van der Waals surface area contributed by atoms with Gasteiger partial charge in [-0.05, 0) is 49.2 Å². The van der Waals surface area contributed by atoms with Crippen molar-refractivity contribution < 1.29 is 32.3 Å². The number of benzene rings is 2. The van der Waals surface area contributed by atoms with Crippen molar-refractivity contribution in [3.05, 3.63) is 54.1 Å². The number of nitrogens with zero attached hydrogens (tertiary/aromatic N) is 2. The van der Waals surface area contributed by atoms with E-state index in [-0.39, 0.29) is 35.9 Å². The van der Waals surface area contributed by atoms with Gasteiger partial charge >= 0.3 is 5.97 Å².